The normalized spacial score (nSPS) is 10.7. The lowest BCUT2D eigenvalue weighted by Gasteiger charge is -2.09. The van der Waals surface area contributed by atoms with Crippen LogP contribution in [-0.2, 0) is 11.2 Å². The molecule has 0 unspecified atom stereocenters. The average Bonchev–Trinajstić information content (AvgIpc) is 3.20. The fraction of sp³-hybridized carbons (Fsp3) is 0.120. The summed E-state index contributed by atoms with van der Waals surface area (Å²) in [4.78, 5) is 28.0. The highest BCUT2D eigenvalue weighted by Crippen LogP contribution is 2.32. The van der Waals surface area contributed by atoms with Gasteiger partial charge < -0.3 is 14.8 Å². The van der Waals surface area contributed by atoms with Crippen molar-refractivity contribution in [2.24, 2.45) is 0 Å². The smallest absolute Gasteiger partial charge is 0.273 e. The van der Waals surface area contributed by atoms with E-state index in [0.29, 0.717) is 6.42 Å². The van der Waals surface area contributed by atoms with Crippen molar-refractivity contribution in [3.8, 4) is 22.8 Å². The Labute approximate surface area is 185 Å². The number of hydrogen-bond acceptors (Lipinski definition) is 4. The molecule has 2 amide bonds. The molecule has 0 bridgehead atoms. The standard InChI is InChI=1S/C25H23N3O4/c1-32-17-12-10-16(11-13-17)24-19(18-6-2-4-8-21(18)26-24)14-15-23(30)27-28-25(31)20-7-3-5-9-22(20)29/h2-13,26,29H,14-15H2,1H3,(H,27,30)(H,28,31). The predicted octanol–water partition coefficient (Wildman–Crippen LogP) is 3.94. The Morgan fingerprint density at radius 1 is 0.938 bits per heavy atom. The fourth-order valence-electron chi connectivity index (χ4n) is 3.62. The van der Waals surface area contributed by atoms with E-state index < -0.39 is 5.91 Å². The van der Waals surface area contributed by atoms with Gasteiger partial charge in [0.05, 0.1) is 12.7 Å². The predicted molar refractivity (Wildman–Crippen MR) is 122 cm³/mol. The lowest BCUT2D eigenvalue weighted by molar-refractivity contribution is -0.121. The molecule has 0 radical (unpaired) electrons. The first kappa shape index (κ1) is 21.0. The number of fused-ring (bicyclic) bond motifs is 1. The number of amides is 2. The van der Waals surface area contributed by atoms with Gasteiger partial charge in [-0.1, -0.05) is 30.3 Å². The van der Waals surface area contributed by atoms with Gasteiger partial charge in [-0.2, -0.15) is 0 Å². The molecule has 0 fully saturated rings. The summed E-state index contributed by atoms with van der Waals surface area (Å²) in [5.41, 5.74) is 8.80. The summed E-state index contributed by atoms with van der Waals surface area (Å²) in [5.74, 6) is -0.296. The summed E-state index contributed by atoms with van der Waals surface area (Å²) in [6.07, 6.45) is 0.649. The van der Waals surface area contributed by atoms with Gasteiger partial charge in [0.1, 0.15) is 11.5 Å². The molecular weight excluding hydrogens is 406 g/mol. The number of carbonyl (C=O) groups excluding carboxylic acids is 2. The molecule has 0 saturated heterocycles. The molecule has 0 aliphatic carbocycles. The summed E-state index contributed by atoms with van der Waals surface area (Å²) in [7, 11) is 1.62. The molecule has 1 aromatic heterocycles. The zero-order valence-corrected chi connectivity index (χ0v) is 17.5. The van der Waals surface area contributed by atoms with Gasteiger partial charge >= 0.3 is 0 Å². The van der Waals surface area contributed by atoms with E-state index in [2.05, 4.69) is 15.8 Å². The number of para-hydroxylation sites is 2. The van der Waals surface area contributed by atoms with E-state index in [1.807, 2.05) is 48.5 Å². The van der Waals surface area contributed by atoms with Crippen molar-refractivity contribution in [2.45, 2.75) is 12.8 Å². The summed E-state index contributed by atoms with van der Waals surface area (Å²) in [5, 5.41) is 10.8. The number of carbonyl (C=O) groups is 2. The van der Waals surface area contributed by atoms with Gasteiger partial charge in [-0.25, -0.2) is 0 Å². The van der Waals surface area contributed by atoms with E-state index in [1.54, 1.807) is 19.2 Å². The maximum atomic E-state index is 12.4. The molecule has 3 aromatic carbocycles. The van der Waals surface area contributed by atoms with Crippen molar-refractivity contribution in [3.05, 3.63) is 83.9 Å². The zero-order valence-electron chi connectivity index (χ0n) is 17.5. The van der Waals surface area contributed by atoms with Crippen molar-refractivity contribution in [1.82, 2.24) is 15.8 Å². The number of aryl methyl sites for hydroxylation is 1. The molecule has 32 heavy (non-hydrogen) atoms. The number of H-pyrrole nitrogens is 1. The van der Waals surface area contributed by atoms with E-state index in [1.165, 1.54) is 12.1 Å². The molecular formula is C25H23N3O4. The molecule has 4 aromatic rings. The third kappa shape index (κ3) is 4.41. The summed E-state index contributed by atoms with van der Waals surface area (Å²) in [6, 6.07) is 21.8. The monoisotopic (exact) mass is 429 g/mol. The van der Waals surface area contributed by atoms with Gasteiger partial charge in [0.15, 0.2) is 0 Å². The zero-order chi connectivity index (χ0) is 22.5. The number of benzene rings is 3. The third-order valence-corrected chi connectivity index (χ3v) is 5.26. The van der Waals surface area contributed by atoms with Gasteiger partial charge in [-0.05, 0) is 60.0 Å². The van der Waals surface area contributed by atoms with Crippen LogP contribution in [0.25, 0.3) is 22.2 Å². The van der Waals surface area contributed by atoms with Crippen molar-refractivity contribution >= 4 is 22.7 Å². The van der Waals surface area contributed by atoms with Gasteiger partial charge in [0.2, 0.25) is 5.91 Å². The summed E-state index contributed by atoms with van der Waals surface area (Å²) >= 11 is 0. The number of methoxy groups -OCH3 is 1. The highest BCUT2D eigenvalue weighted by atomic mass is 16.5. The largest absolute Gasteiger partial charge is 0.507 e. The lowest BCUT2D eigenvalue weighted by atomic mass is 10.0. The van der Waals surface area contributed by atoms with Gasteiger partial charge in [0.25, 0.3) is 5.91 Å². The second kappa shape index (κ2) is 9.26. The second-order valence-corrected chi connectivity index (χ2v) is 7.27. The molecule has 4 N–H and O–H groups in total. The Hall–Kier alpha value is -4.26. The van der Waals surface area contributed by atoms with E-state index in [0.717, 1.165) is 33.5 Å². The Balaban J connectivity index is 1.48. The average molecular weight is 429 g/mol. The molecule has 7 heteroatoms. The maximum Gasteiger partial charge on any atom is 0.273 e. The first-order chi connectivity index (χ1) is 15.6. The van der Waals surface area contributed by atoms with Crippen LogP contribution in [0.5, 0.6) is 11.5 Å². The van der Waals surface area contributed by atoms with E-state index in [4.69, 9.17) is 4.74 Å². The minimum absolute atomic E-state index is 0.0891. The SMILES string of the molecule is COc1ccc(-c2[nH]c3ccccc3c2CCC(=O)NNC(=O)c2ccccc2O)cc1. The van der Waals surface area contributed by atoms with Crippen LogP contribution in [-0.4, -0.2) is 29.0 Å². The molecule has 7 nitrogen and oxygen atoms in total. The van der Waals surface area contributed by atoms with Crippen molar-refractivity contribution in [2.75, 3.05) is 7.11 Å². The Morgan fingerprint density at radius 2 is 1.66 bits per heavy atom. The lowest BCUT2D eigenvalue weighted by Crippen LogP contribution is -2.41. The number of nitrogens with one attached hydrogen (secondary N) is 3. The van der Waals surface area contributed by atoms with Gasteiger partial charge in [-0.15, -0.1) is 0 Å². The summed E-state index contributed by atoms with van der Waals surface area (Å²) < 4.78 is 5.25. The first-order valence-corrected chi connectivity index (χ1v) is 10.2. The number of phenolic OH excluding ortho intramolecular Hbond substituents is 1. The molecule has 0 atom stereocenters. The molecule has 0 aliphatic rings. The number of ether oxygens (including phenoxy) is 1. The molecule has 0 saturated carbocycles. The minimum Gasteiger partial charge on any atom is -0.507 e. The van der Waals surface area contributed by atoms with Gasteiger partial charge in [0, 0.05) is 23.0 Å². The number of aromatic nitrogens is 1. The second-order valence-electron chi connectivity index (χ2n) is 7.27. The van der Waals surface area contributed by atoms with Crippen LogP contribution in [0.15, 0.2) is 72.8 Å². The Morgan fingerprint density at radius 3 is 2.41 bits per heavy atom. The van der Waals surface area contributed by atoms with Crippen LogP contribution in [0.1, 0.15) is 22.3 Å². The number of phenols is 1. The molecule has 0 spiro atoms. The van der Waals surface area contributed by atoms with E-state index in [9.17, 15) is 14.7 Å². The van der Waals surface area contributed by atoms with Crippen LogP contribution in [0.3, 0.4) is 0 Å². The number of hydrogen-bond donors (Lipinski definition) is 4. The number of aromatic amines is 1. The van der Waals surface area contributed by atoms with E-state index >= 15 is 0 Å². The van der Waals surface area contributed by atoms with Crippen LogP contribution < -0.4 is 15.6 Å². The van der Waals surface area contributed by atoms with Gasteiger partial charge in [-0.3, -0.25) is 20.4 Å². The Kier molecular flexibility index (Phi) is 6.07. The summed E-state index contributed by atoms with van der Waals surface area (Å²) in [6.45, 7) is 0. The fourth-order valence-corrected chi connectivity index (χ4v) is 3.62. The van der Waals surface area contributed by atoms with E-state index in [-0.39, 0.29) is 23.6 Å². The quantitative estimate of drug-likeness (QED) is 0.349. The van der Waals surface area contributed by atoms with Crippen LogP contribution in [0, 0.1) is 0 Å². The van der Waals surface area contributed by atoms with Crippen LogP contribution in [0.2, 0.25) is 0 Å². The first-order valence-electron chi connectivity index (χ1n) is 10.2. The molecule has 4 rings (SSSR count). The highest BCUT2D eigenvalue weighted by Gasteiger charge is 2.16. The van der Waals surface area contributed by atoms with Crippen LogP contribution in [0.4, 0.5) is 0 Å². The molecule has 162 valence electrons. The Bertz CT molecular complexity index is 1260. The minimum atomic E-state index is -0.581. The topological polar surface area (TPSA) is 103 Å². The molecule has 1 heterocycles. The maximum absolute atomic E-state index is 12.4. The van der Waals surface area contributed by atoms with Crippen molar-refractivity contribution in [3.63, 3.8) is 0 Å². The number of rotatable bonds is 6. The number of hydrazine groups is 1. The third-order valence-electron chi connectivity index (χ3n) is 5.26. The van der Waals surface area contributed by atoms with Crippen LogP contribution >= 0.6 is 0 Å². The van der Waals surface area contributed by atoms with Crippen molar-refractivity contribution in [1.29, 1.82) is 0 Å². The van der Waals surface area contributed by atoms with Crippen molar-refractivity contribution < 1.29 is 19.4 Å². The number of aromatic hydroxyl groups is 1. The molecule has 0 aliphatic heterocycles. The highest BCUT2D eigenvalue weighted by molar-refractivity contribution is 5.98.